The average Bonchev–Trinajstić information content (AvgIpc) is 3.15. The second-order valence-electron chi connectivity index (χ2n) is 6.06. The molecule has 140 valence electrons. The predicted molar refractivity (Wildman–Crippen MR) is 114 cm³/mol. The van der Waals surface area contributed by atoms with E-state index < -0.39 is 0 Å². The Morgan fingerprint density at radius 3 is 2.25 bits per heavy atom. The largest absolute Gasteiger partial charge is 0.420 e. The van der Waals surface area contributed by atoms with Crippen LogP contribution in [0.25, 0.3) is 11.5 Å². The van der Waals surface area contributed by atoms with Gasteiger partial charge in [-0.3, -0.25) is 0 Å². The molecule has 4 rings (SSSR count). The van der Waals surface area contributed by atoms with Gasteiger partial charge in [0, 0.05) is 16.3 Å². The highest BCUT2D eigenvalue weighted by Crippen LogP contribution is 2.34. The van der Waals surface area contributed by atoms with E-state index in [1.54, 1.807) is 30.3 Å². The molecular weight excluding hydrogens is 417 g/mol. The van der Waals surface area contributed by atoms with Crippen molar-refractivity contribution in [3.8, 4) is 11.5 Å². The summed E-state index contributed by atoms with van der Waals surface area (Å²) in [6, 6.07) is 20.4. The predicted octanol–water partition coefficient (Wildman–Crippen LogP) is 7.03. The molecule has 0 aliphatic carbocycles. The topological polar surface area (TPSA) is 51.0 Å². The summed E-state index contributed by atoms with van der Waals surface area (Å²) >= 11 is 18.5. The van der Waals surface area contributed by atoms with Gasteiger partial charge in [-0.05, 0) is 48.0 Å². The molecule has 0 radical (unpaired) electrons. The van der Waals surface area contributed by atoms with E-state index in [4.69, 9.17) is 39.2 Å². The van der Waals surface area contributed by atoms with Crippen molar-refractivity contribution in [2.45, 2.75) is 6.42 Å². The molecule has 4 aromatic rings. The van der Waals surface area contributed by atoms with Crippen molar-refractivity contribution in [3.63, 3.8) is 0 Å². The second kappa shape index (κ2) is 8.23. The van der Waals surface area contributed by atoms with Gasteiger partial charge in [0.05, 0.1) is 22.2 Å². The van der Waals surface area contributed by atoms with Gasteiger partial charge in [0.2, 0.25) is 11.8 Å². The SMILES string of the molecule is Clc1ccc(-c2nnc(Cc3ccccc3Nc3c(Cl)cccc3Cl)o2)cc1. The molecule has 0 unspecified atom stereocenters. The Bertz CT molecular complexity index is 1090. The fraction of sp³-hybridized carbons (Fsp3) is 0.0476. The van der Waals surface area contributed by atoms with E-state index >= 15 is 0 Å². The van der Waals surface area contributed by atoms with E-state index in [-0.39, 0.29) is 0 Å². The molecule has 1 heterocycles. The maximum atomic E-state index is 6.28. The van der Waals surface area contributed by atoms with Crippen LogP contribution in [-0.2, 0) is 6.42 Å². The Hall–Kier alpha value is -2.53. The number of hydrogen-bond donors (Lipinski definition) is 1. The molecule has 4 nitrogen and oxygen atoms in total. The Morgan fingerprint density at radius 2 is 1.50 bits per heavy atom. The first kappa shape index (κ1) is 18.8. The molecule has 7 heteroatoms. The number of nitrogens with zero attached hydrogens (tertiary/aromatic N) is 2. The zero-order valence-electron chi connectivity index (χ0n) is 14.5. The van der Waals surface area contributed by atoms with Crippen molar-refractivity contribution < 1.29 is 4.42 Å². The average molecular weight is 431 g/mol. The van der Waals surface area contributed by atoms with Crippen LogP contribution in [0.3, 0.4) is 0 Å². The first-order valence-electron chi connectivity index (χ1n) is 8.47. The van der Waals surface area contributed by atoms with Gasteiger partial charge < -0.3 is 9.73 Å². The molecule has 0 saturated carbocycles. The molecule has 0 aliphatic rings. The van der Waals surface area contributed by atoms with E-state index in [1.165, 1.54) is 0 Å². The second-order valence-corrected chi connectivity index (χ2v) is 7.31. The van der Waals surface area contributed by atoms with E-state index in [0.717, 1.165) is 16.8 Å². The summed E-state index contributed by atoms with van der Waals surface area (Å²) in [6.07, 6.45) is 0.464. The van der Waals surface area contributed by atoms with Crippen molar-refractivity contribution in [2.75, 3.05) is 5.32 Å². The summed E-state index contributed by atoms with van der Waals surface area (Å²) in [7, 11) is 0. The quantitative estimate of drug-likeness (QED) is 0.369. The van der Waals surface area contributed by atoms with Crippen LogP contribution >= 0.6 is 34.8 Å². The highest BCUT2D eigenvalue weighted by atomic mass is 35.5. The van der Waals surface area contributed by atoms with Gasteiger partial charge in [0.1, 0.15) is 0 Å². The molecule has 1 aromatic heterocycles. The zero-order valence-corrected chi connectivity index (χ0v) is 16.8. The van der Waals surface area contributed by atoms with Crippen LogP contribution in [0.4, 0.5) is 11.4 Å². The van der Waals surface area contributed by atoms with Crippen LogP contribution in [0, 0.1) is 0 Å². The molecule has 3 aromatic carbocycles. The summed E-state index contributed by atoms with van der Waals surface area (Å²) in [4.78, 5) is 0. The first-order chi connectivity index (χ1) is 13.6. The van der Waals surface area contributed by atoms with Gasteiger partial charge in [0.15, 0.2) is 0 Å². The maximum absolute atomic E-state index is 6.28. The normalized spacial score (nSPS) is 10.8. The van der Waals surface area contributed by atoms with Crippen LogP contribution in [0.2, 0.25) is 15.1 Å². The minimum absolute atomic E-state index is 0.450. The summed E-state index contributed by atoms with van der Waals surface area (Å²) in [5, 5.41) is 13.3. The minimum Gasteiger partial charge on any atom is -0.420 e. The van der Waals surface area contributed by atoms with Gasteiger partial charge >= 0.3 is 0 Å². The van der Waals surface area contributed by atoms with Crippen molar-refractivity contribution in [1.82, 2.24) is 10.2 Å². The Balaban J connectivity index is 1.59. The third kappa shape index (κ3) is 4.14. The molecule has 0 spiro atoms. The van der Waals surface area contributed by atoms with Crippen molar-refractivity contribution in [2.24, 2.45) is 0 Å². The Kier molecular flexibility index (Phi) is 5.53. The number of benzene rings is 3. The Morgan fingerprint density at radius 1 is 0.786 bits per heavy atom. The monoisotopic (exact) mass is 429 g/mol. The molecule has 1 N–H and O–H groups in total. The summed E-state index contributed by atoms with van der Waals surface area (Å²) in [5.41, 5.74) is 3.32. The van der Waals surface area contributed by atoms with Crippen LogP contribution in [0.5, 0.6) is 0 Å². The summed E-state index contributed by atoms with van der Waals surface area (Å²) in [5.74, 6) is 0.954. The van der Waals surface area contributed by atoms with Crippen molar-refractivity contribution >= 4 is 46.2 Å². The number of rotatable bonds is 5. The lowest BCUT2D eigenvalue weighted by atomic mass is 10.1. The fourth-order valence-electron chi connectivity index (χ4n) is 2.75. The van der Waals surface area contributed by atoms with Crippen LogP contribution < -0.4 is 5.32 Å². The number of hydrogen-bond acceptors (Lipinski definition) is 4. The van der Waals surface area contributed by atoms with Crippen molar-refractivity contribution in [1.29, 1.82) is 0 Å². The third-order valence-electron chi connectivity index (χ3n) is 4.14. The van der Waals surface area contributed by atoms with E-state index in [0.29, 0.717) is 39.0 Å². The van der Waals surface area contributed by atoms with Gasteiger partial charge in [-0.1, -0.05) is 59.1 Å². The minimum atomic E-state index is 0.450. The standard InChI is InChI=1S/C21H14Cl3N3O/c22-15-10-8-13(9-11-15)21-27-26-19(28-21)12-14-4-1-2-7-18(14)25-20-16(23)5-3-6-17(20)24/h1-11,25H,12H2. The van der Waals surface area contributed by atoms with Crippen LogP contribution in [0.15, 0.2) is 71.1 Å². The Labute approximate surface area is 177 Å². The zero-order chi connectivity index (χ0) is 19.5. The maximum Gasteiger partial charge on any atom is 0.247 e. The van der Waals surface area contributed by atoms with E-state index in [9.17, 15) is 0 Å². The fourth-order valence-corrected chi connectivity index (χ4v) is 3.36. The van der Waals surface area contributed by atoms with Gasteiger partial charge in [0.25, 0.3) is 0 Å². The molecule has 0 aliphatic heterocycles. The molecule has 0 fully saturated rings. The lowest BCUT2D eigenvalue weighted by Gasteiger charge is -2.13. The lowest BCUT2D eigenvalue weighted by molar-refractivity contribution is 0.518. The molecule has 0 atom stereocenters. The van der Waals surface area contributed by atoms with Gasteiger partial charge in [-0.15, -0.1) is 10.2 Å². The number of nitrogens with one attached hydrogen (secondary N) is 1. The number of halogens is 3. The molecule has 0 saturated heterocycles. The first-order valence-corrected chi connectivity index (χ1v) is 9.61. The lowest BCUT2D eigenvalue weighted by Crippen LogP contribution is -1.98. The number of aromatic nitrogens is 2. The highest BCUT2D eigenvalue weighted by molar-refractivity contribution is 6.39. The van der Waals surface area contributed by atoms with Crippen LogP contribution in [0.1, 0.15) is 11.5 Å². The van der Waals surface area contributed by atoms with E-state index in [2.05, 4.69) is 15.5 Å². The smallest absolute Gasteiger partial charge is 0.247 e. The molecular formula is C21H14Cl3N3O. The molecule has 28 heavy (non-hydrogen) atoms. The highest BCUT2D eigenvalue weighted by Gasteiger charge is 2.13. The molecule has 0 bridgehead atoms. The van der Waals surface area contributed by atoms with Crippen LogP contribution in [-0.4, -0.2) is 10.2 Å². The summed E-state index contributed by atoms with van der Waals surface area (Å²) < 4.78 is 5.82. The molecule has 0 amide bonds. The number of para-hydroxylation sites is 2. The summed E-state index contributed by atoms with van der Waals surface area (Å²) in [6.45, 7) is 0. The van der Waals surface area contributed by atoms with E-state index in [1.807, 2.05) is 36.4 Å². The van der Waals surface area contributed by atoms with Gasteiger partial charge in [-0.25, -0.2) is 0 Å². The third-order valence-corrected chi connectivity index (χ3v) is 5.02. The van der Waals surface area contributed by atoms with Crippen molar-refractivity contribution in [3.05, 3.63) is 93.3 Å². The van der Waals surface area contributed by atoms with Gasteiger partial charge in [-0.2, -0.15) is 0 Å². The number of anilines is 2.